The zero-order chi connectivity index (χ0) is 12.5. The maximum Gasteiger partial charge on any atom is 0.248 e. The molecular weight excluding hydrogens is 244 g/mol. The molecule has 0 saturated heterocycles. The van der Waals surface area contributed by atoms with Gasteiger partial charge in [0.25, 0.3) is 0 Å². The molecule has 0 radical (unpaired) electrons. The zero-order valence-corrected chi connectivity index (χ0v) is 10.5. The fourth-order valence-corrected chi connectivity index (χ4v) is 2.43. The molecule has 0 spiro atoms. The smallest absolute Gasteiger partial charge is 0.248 e. The quantitative estimate of drug-likeness (QED) is 0.843. The third-order valence-electron chi connectivity index (χ3n) is 3.29. The molecule has 1 atom stereocenters. The van der Waals surface area contributed by atoms with Gasteiger partial charge < -0.3 is 5.32 Å². The number of halogens is 3. The Labute approximate surface area is 105 Å². The minimum absolute atomic E-state index is 0.000384. The number of anilines is 1. The molecule has 0 amide bonds. The Balaban J connectivity index is 1.92. The molecule has 1 aliphatic carbocycles. The van der Waals surface area contributed by atoms with Gasteiger partial charge in [-0.05, 0) is 37.0 Å². The highest BCUT2D eigenvalue weighted by molar-refractivity contribution is 6.30. The van der Waals surface area contributed by atoms with Crippen LogP contribution in [0.3, 0.4) is 0 Å². The first kappa shape index (κ1) is 12.6. The lowest BCUT2D eigenvalue weighted by atomic mass is 10.1. The molecule has 1 fully saturated rings. The molecule has 1 N–H and O–H groups in total. The van der Waals surface area contributed by atoms with Gasteiger partial charge in [-0.1, -0.05) is 17.7 Å². The second kappa shape index (κ2) is 4.81. The molecule has 1 aromatic carbocycles. The normalized spacial score (nSPS) is 22.7. The second-order valence-corrected chi connectivity index (χ2v) is 5.24. The summed E-state index contributed by atoms with van der Waals surface area (Å²) in [6.07, 6.45) is 0.618. The summed E-state index contributed by atoms with van der Waals surface area (Å²) in [6.45, 7) is 2.57. The van der Waals surface area contributed by atoms with Gasteiger partial charge in [0.05, 0.1) is 0 Å². The summed E-state index contributed by atoms with van der Waals surface area (Å²) in [6, 6.07) is 5.59. The van der Waals surface area contributed by atoms with Crippen LogP contribution in [0.1, 0.15) is 24.8 Å². The van der Waals surface area contributed by atoms with E-state index in [0.717, 1.165) is 11.3 Å². The minimum Gasteiger partial charge on any atom is -0.385 e. The molecule has 0 aromatic heterocycles. The van der Waals surface area contributed by atoms with Crippen LogP contribution in [0.4, 0.5) is 14.5 Å². The topological polar surface area (TPSA) is 12.0 Å². The van der Waals surface area contributed by atoms with E-state index < -0.39 is 5.92 Å². The van der Waals surface area contributed by atoms with E-state index in [1.165, 1.54) is 0 Å². The van der Waals surface area contributed by atoms with Gasteiger partial charge in [0.2, 0.25) is 5.92 Å². The zero-order valence-electron chi connectivity index (χ0n) is 9.77. The lowest BCUT2D eigenvalue weighted by Crippen LogP contribution is -2.15. The first-order chi connectivity index (χ1) is 7.96. The highest BCUT2D eigenvalue weighted by Gasteiger charge is 2.39. The predicted molar refractivity (Wildman–Crippen MR) is 67.0 cm³/mol. The van der Waals surface area contributed by atoms with Crippen LogP contribution in [0.5, 0.6) is 0 Å². The summed E-state index contributed by atoms with van der Waals surface area (Å²) in [5, 5.41) is 3.88. The van der Waals surface area contributed by atoms with Gasteiger partial charge in [0.15, 0.2) is 0 Å². The lowest BCUT2D eigenvalue weighted by molar-refractivity contribution is 0.00556. The maximum absolute atomic E-state index is 13.0. The van der Waals surface area contributed by atoms with Crippen LogP contribution >= 0.6 is 11.6 Å². The largest absolute Gasteiger partial charge is 0.385 e. The van der Waals surface area contributed by atoms with Crippen molar-refractivity contribution in [2.24, 2.45) is 5.92 Å². The molecule has 1 aromatic rings. The van der Waals surface area contributed by atoms with Crippen LogP contribution in [0, 0.1) is 12.8 Å². The predicted octanol–water partition coefficient (Wildman–Crippen LogP) is 4.50. The maximum atomic E-state index is 13.0. The molecule has 1 saturated carbocycles. The Hall–Kier alpha value is -0.830. The van der Waals surface area contributed by atoms with Crippen molar-refractivity contribution < 1.29 is 8.78 Å². The van der Waals surface area contributed by atoms with Crippen molar-refractivity contribution >= 4 is 17.3 Å². The summed E-state index contributed by atoms with van der Waals surface area (Å²) >= 11 is 5.90. The third-order valence-corrected chi connectivity index (χ3v) is 3.52. The van der Waals surface area contributed by atoms with Gasteiger partial charge in [-0.3, -0.25) is 0 Å². The van der Waals surface area contributed by atoms with Crippen molar-refractivity contribution in [1.82, 2.24) is 0 Å². The standard InChI is InChI=1S/C13H16ClF2N/c1-9-2-3-11(14)6-12(9)17-8-10-4-5-13(15,16)7-10/h2-3,6,10,17H,4-5,7-8H2,1H3. The van der Waals surface area contributed by atoms with E-state index in [1.807, 2.05) is 25.1 Å². The van der Waals surface area contributed by atoms with Crippen LogP contribution < -0.4 is 5.32 Å². The van der Waals surface area contributed by atoms with Gasteiger partial charge >= 0.3 is 0 Å². The monoisotopic (exact) mass is 259 g/mol. The summed E-state index contributed by atoms with van der Waals surface area (Å²) < 4.78 is 26.0. The molecule has 0 bridgehead atoms. The Bertz CT molecular complexity index is 406. The van der Waals surface area contributed by atoms with E-state index in [0.29, 0.717) is 18.0 Å². The van der Waals surface area contributed by atoms with Gasteiger partial charge in [-0.2, -0.15) is 0 Å². The SMILES string of the molecule is Cc1ccc(Cl)cc1NCC1CCC(F)(F)C1. The number of aryl methyl sites for hydroxylation is 1. The summed E-state index contributed by atoms with van der Waals surface area (Å²) in [5.41, 5.74) is 2.02. The van der Waals surface area contributed by atoms with Crippen molar-refractivity contribution in [3.8, 4) is 0 Å². The van der Waals surface area contributed by atoms with E-state index >= 15 is 0 Å². The third kappa shape index (κ3) is 3.32. The van der Waals surface area contributed by atoms with Crippen LogP contribution in [0.15, 0.2) is 18.2 Å². The molecular formula is C13H16ClF2N. The first-order valence-corrected chi connectivity index (χ1v) is 6.22. The summed E-state index contributed by atoms with van der Waals surface area (Å²) in [4.78, 5) is 0. The van der Waals surface area contributed by atoms with E-state index in [9.17, 15) is 8.78 Å². The number of hydrogen-bond donors (Lipinski definition) is 1. The number of nitrogens with one attached hydrogen (secondary N) is 1. The Kier molecular flexibility index (Phi) is 3.57. The van der Waals surface area contributed by atoms with Crippen molar-refractivity contribution in [1.29, 1.82) is 0 Å². The van der Waals surface area contributed by atoms with Gasteiger partial charge in [-0.15, -0.1) is 0 Å². The van der Waals surface area contributed by atoms with Crippen molar-refractivity contribution in [3.05, 3.63) is 28.8 Å². The van der Waals surface area contributed by atoms with E-state index in [2.05, 4.69) is 5.32 Å². The minimum atomic E-state index is -2.46. The fraction of sp³-hybridized carbons (Fsp3) is 0.538. The fourth-order valence-electron chi connectivity index (χ4n) is 2.25. The molecule has 2 rings (SSSR count). The van der Waals surface area contributed by atoms with Gasteiger partial charge in [0.1, 0.15) is 0 Å². The lowest BCUT2D eigenvalue weighted by Gasteiger charge is -2.14. The van der Waals surface area contributed by atoms with Gasteiger partial charge in [0, 0.05) is 30.1 Å². The number of alkyl halides is 2. The number of hydrogen-bond acceptors (Lipinski definition) is 1. The molecule has 94 valence electrons. The average molecular weight is 260 g/mol. The van der Waals surface area contributed by atoms with Crippen LogP contribution in [0.25, 0.3) is 0 Å². The highest BCUT2D eigenvalue weighted by Crippen LogP contribution is 2.38. The molecule has 0 aliphatic heterocycles. The molecule has 1 nitrogen and oxygen atoms in total. The number of rotatable bonds is 3. The molecule has 0 heterocycles. The molecule has 17 heavy (non-hydrogen) atoms. The molecule has 1 unspecified atom stereocenters. The summed E-state index contributed by atoms with van der Waals surface area (Å²) in [5.74, 6) is -2.40. The molecule has 4 heteroatoms. The highest BCUT2D eigenvalue weighted by atomic mass is 35.5. The van der Waals surface area contributed by atoms with Crippen LogP contribution in [-0.2, 0) is 0 Å². The Morgan fingerprint density at radius 2 is 2.24 bits per heavy atom. The van der Waals surface area contributed by atoms with Crippen molar-refractivity contribution in [3.63, 3.8) is 0 Å². The van der Waals surface area contributed by atoms with Crippen molar-refractivity contribution in [2.45, 2.75) is 32.1 Å². The van der Waals surface area contributed by atoms with E-state index in [4.69, 9.17) is 11.6 Å². The average Bonchev–Trinajstić information content (AvgIpc) is 2.60. The van der Waals surface area contributed by atoms with Crippen LogP contribution in [-0.4, -0.2) is 12.5 Å². The van der Waals surface area contributed by atoms with E-state index in [1.54, 1.807) is 0 Å². The Morgan fingerprint density at radius 3 is 2.88 bits per heavy atom. The van der Waals surface area contributed by atoms with Gasteiger partial charge in [-0.25, -0.2) is 8.78 Å². The van der Waals surface area contributed by atoms with E-state index in [-0.39, 0.29) is 18.8 Å². The molecule has 1 aliphatic rings. The second-order valence-electron chi connectivity index (χ2n) is 4.80. The first-order valence-electron chi connectivity index (χ1n) is 5.84. The van der Waals surface area contributed by atoms with Crippen molar-refractivity contribution in [2.75, 3.05) is 11.9 Å². The Morgan fingerprint density at radius 1 is 1.47 bits per heavy atom. The van der Waals surface area contributed by atoms with Crippen LogP contribution in [0.2, 0.25) is 5.02 Å². The number of benzene rings is 1. The summed E-state index contributed by atoms with van der Waals surface area (Å²) in [7, 11) is 0.